The summed E-state index contributed by atoms with van der Waals surface area (Å²) in [6.45, 7) is 0.158. The van der Waals surface area contributed by atoms with Crippen molar-refractivity contribution >= 4 is 50.9 Å². The van der Waals surface area contributed by atoms with Gasteiger partial charge in [0.05, 0.1) is 9.40 Å². The Morgan fingerprint density at radius 2 is 2.05 bits per heavy atom. The first kappa shape index (κ1) is 18.2. The number of likely N-dealkylation sites (N-methyl/N-ethyl adjacent to an activating group) is 1. The average Bonchev–Trinajstić information content (AvgIpc) is 2.46. The van der Waals surface area contributed by atoms with Crippen LogP contribution in [0.15, 0.2) is 22.7 Å². The minimum absolute atomic E-state index is 0.0760. The lowest BCUT2D eigenvalue weighted by Crippen LogP contribution is -2.39. The Hall–Kier alpha value is -1.87. The van der Waals surface area contributed by atoms with Gasteiger partial charge in [-0.1, -0.05) is 0 Å². The van der Waals surface area contributed by atoms with E-state index in [1.165, 1.54) is 30.1 Å². The van der Waals surface area contributed by atoms with Crippen molar-refractivity contribution < 1.29 is 19.6 Å². The first-order valence-corrected chi connectivity index (χ1v) is 7.35. The Morgan fingerprint density at radius 1 is 1.41 bits per heavy atom. The Morgan fingerprint density at radius 3 is 2.50 bits per heavy atom. The van der Waals surface area contributed by atoms with E-state index in [9.17, 15) is 19.7 Å². The van der Waals surface area contributed by atoms with Crippen LogP contribution in [0.1, 0.15) is 0 Å². The zero-order valence-corrected chi connectivity index (χ0v) is 13.9. The summed E-state index contributed by atoms with van der Waals surface area (Å²) in [6, 6.07) is 4.09. The fourth-order valence-electron chi connectivity index (χ4n) is 1.63. The molecule has 120 valence electrons. The maximum Gasteiger partial charge on any atom is 0.407 e. The van der Waals surface area contributed by atoms with Crippen molar-refractivity contribution in [3.05, 3.63) is 32.8 Å². The molecule has 0 fully saturated rings. The van der Waals surface area contributed by atoms with E-state index in [4.69, 9.17) is 16.7 Å². The number of alkyl halides is 1. The molecule has 0 heterocycles. The van der Waals surface area contributed by atoms with Gasteiger partial charge in [-0.05, 0) is 28.1 Å². The molecule has 0 aliphatic carbocycles. The van der Waals surface area contributed by atoms with Crippen molar-refractivity contribution in [3.63, 3.8) is 0 Å². The number of nitrogens with zero attached hydrogens (tertiary/aromatic N) is 3. The number of carboxylic acid groups (broad SMARTS) is 1. The molecule has 2 amide bonds. The lowest BCUT2D eigenvalue weighted by atomic mass is 10.2. The smallest absolute Gasteiger partial charge is 0.407 e. The predicted molar refractivity (Wildman–Crippen MR) is 84.5 cm³/mol. The van der Waals surface area contributed by atoms with Gasteiger partial charge in [-0.2, -0.15) is 0 Å². The van der Waals surface area contributed by atoms with E-state index in [1.54, 1.807) is 0 Å². The zero-order valence-electron chi connectivity index (χ0n) is 11.5. The molecule has 0 aliphatic rings. The number of anilines is 1. The molecule has 0 unspecified atom stereocenters. The van der Waals surface area contributed by atoms with Crippen LogP contribution in [0.4, 0.5) is 16.2 Å². The molecule has 0 spiro atoms. The molecule has 0 saturated heterocycles. The molecule has 1 N–H and O–H groups in total. The van der Waals surface area contributed by atoms with Gasteiger partial charge in [-0.3, -0.25) is 14.9 Å². The Balaban J connectivity index is 3.02. The summed E-state index contributed by atoms with van der Waals surface area (Å²) in [6.07, 6.45) is -1.12. The topological polar surface area (TPSA) is 104 Å². The third-order valence-electron chi connectivity index (χ3n) is 2.84. The number of nitro groups is 1. The van der Waals surface area contributed by atoms with E-state index >= 15 is 0 Å². The van der Waals surface area contributed by atoms with Crippen LogP contribution >= 0.6 is 27.5 Å². The van der Waals surface area contributed by atoms with Gasteiger partial charge in [0.25, 0.3) is 5.69 Å². The van der Waals surface area contributed by atoms with Crippen LogP contribution < -0.4 is 4.90 Å². The zero-order chi connectivity index (χ0) is 16.9. The number of hydrogen-bond acceptors (Lipinski definition) is 4. The van der Waals surface area contributed by atoms with Gasteiger partial charge in [0.2, 0.25) is 5.91 Å². The molecular formula is C12H13BrClN3O5. The molecule has 22 heavy (non-hydrogen) atoms. The first-order chi connectivity index (χ1) is 10.3. The predicted octanol–water partition coefficient (Wildman–Crippen LogP) is 2.54. The van der Waals surface area contributed by atoms with Crippen molar-refractivity contribution in [2.75, 3.05) is 30.9 Å². The fraction of sp³-hybridized carbons (Fsp3) is 0.333. The van der Waals surface area contributed by atoms with Crippen molar-refractivity contribution in [3.8, 4) is 0 Å². The highest BCUT2D eigenvalue weighted by atomic mass is 79.9. The van der Waals surface area contributed by atoms with Gasteiger partial charge in [-0.25, -0.2) is 4.79 Å². The van der Waals surface area contributed by atoms with Crippen LogP contribution in [0, 0.1) is 10.1 Å². The summed E-state index contributed by atoms with van der Waals surface area (Å²) >= 11 is 8.63. The lowest BCUT2D eigenvalue weighted by molar-refractivity contribution is -0.385. The Labute approximate surface area is 139 Å². The molecule has 0 saturated carbocycles. The second kappa shape index (κ2) is 7.95. The summed E-state index contributed by atoms with van der Waals surface area (Å²) in [5.74, 6) is -0.716. The first-order valence-electron chi connectivity index (χ1n) is 6.02. The highest BCUT2D eigenvalue weighted by Crippen LogP contribution is 2.29. The SMILES string of the molecule is CN(CCN(C(=O)CCl)c1ccc([N+](=O)[O-])c(Br)c1)C(=O)O. The van der Waals surface area contributed by atoms with Gasteiger partial charge in [-0.15, -0.1) is 11.6 Å². The molecule has 1 rings (SSSR count). The normalized spacial score (nSPS) is 10.1. The summed E-state index contributed by atoms with van der Waals surface area (Å²) in [4.78, 5) is 35.2. The molecular weight excluding hydrogens is 382 g/mol. The number of amides is 2. The summed E-state index contributed by atoms with van der Waals surface area (Å²) in [5, 5.41) is 19.6. The van der Waals surface area contributed by atoms with Crippen molar-refractivity contribution in [2.24, 2.45) is 0 Å². The van der Waals surface area contributed by atoms with E-state index in [1.807, 2.05) is 0 Å². The highest BCUT2D eigenvalue weighted by Gasteiger charge is 2.20. The van der Waals surface area contributed by atoms with Crippen LogP contribution in [0.5, 0.6) is 0 Å². The minimum atomic E-state index is -1.12. The molecule has 0 atom stereocenters. The van der Waals surface area contributed by atoms with E-state index in [-0.39, 0.29) is 29.1 Å². The summed E-state index contributed by atoms with van der Waals surface area (Å²) in [7, 11) is 1.37. The van der Waals surface area contributed by atoms with E-state index in [2.05, 4.69) is 15.9 Å². The number of rotatable bonds is 6. The van der Waals surface area contributed by atoms with E-state index < -0.39 is 16.9 Å². The molecule has 8 nitrogen and oxygen atoms in total. The van der Waals surface area contributed by atoms with Crippen LogP contribution in [-0.4, -0.2) is 52.9 Å². The van der Waals surface area contributed by atoms with Gasteiger partial charge >= 0.3 is 6.09 Å². The number of benzene rings is 1. The second-order valence-electron chi connectivity index (χ2n) is 4.28. The van der Waals surface area contributed by atoms with Gasteiger partial charge < -0.3 is 14.9 Å². The Bertz CT molecular complexity index is 598. The number of carbonyl (C=O) groups excluding carboxylic acids is 1. The molecule has 10 heteroatoms. The maximum absolute atomic E-state index is 11.9. The summed E-state index contributed by atoms with van der Waals surface area (Å²) in [5.41, 5.74) is 0.256. The van der Waals surface area contributed by atoms with Gasteiger partial charge in [0.15, 0.2) is 0 Å². The van der Waals surface area contributed by atoms with Crippen LogP contribution in [-0.2, 0) is 4.79 Å². The van der Waals surface area contributed by atoms with Crippen molar-refractivity contribution in [2.45, 2.75) is 0 Å². The maximum atomic E-state index is 11.9. The van der Waals surface area contributed by atoms with E-state index in [0.29, 0.717) is 5.69 Å². The number of nitro benzene ring substituents is 1. The fourth-order valence-corrected chi connectivity index (χ4v) is 2.28. The number of hydrogen-bond donors (Lipinski definition) is 1. The third-order valence-corrected chi connectivity index (χ3v) is 3.70. The van der Waals surface area contributed by atoms with Crippen LogP contribution in [0.3, 0.4) is 0 Å². The molecule has 0 radical (unpaired) electrons. The molecule has 1 aromatic rings. The second-order valence-corrected chi connectivity index (χ2v) is 5.40. The number of halogens is 2. The average molecular weight is 395 g/mol. The van der Waals surface area contributed by atoms with Crippen molar-refractivity contribution in [1.29, 1.82) is 0 Å². The molecule has 0 aliphatic heterocycles. The molecule has 1 aromatic carbocycles. The van der Waals surface area contributed by atoms with Crippen molar-refractivity contribution in [1.82, 2.24) is 4.90 Å². The molecule has 0 aromatic heterocycles. The van der Waals surface area contributed by atoms with Gasteiger partial charge in [0, 0.05) is 31.9 Å². The highest BCUT2D eigenvalue weighted by molar-refractivity contribution is 9.10. The van der Waals surface area contributed by atoms with E-state index in [0.717, 1.165) is 4.90 Å². The quantitative estimate of drug-likeness (QED) is 0.453. The lowest BCUT2D eigenvalue weighted by Gasteiger charge is -2.24. The van der Waals surface area contributed by atoms with Crippen LogP contribution in [0.25, 0.3) is 0 Å². The van der Waals surface area contributed by atoms with Crippen LogP contribution in [0.2, 0.25) is 0 Å². The summed E-state index contributed by atoms with van der Waals surface area (Å²) < 4.78 is 0.217. The number of carbonyl (C=O) groups is 2. The minimum Gasteiger partial charge on any atom is -0.465 e. The Kier molecular flexibility index (Phi) is 6.57. The monoisotopic (exact) mass is 393 g/mol. The standard InChI is InChI=1S/C12H13BrClN3O5/c1-15(12(19)20)4-5-16(11(18)7-14)8-2-3-10(17(21)22)9(13)6-8/h2-3,6H,4-5,7H2,1H3,(H,19,20). The third kappa shape index (κ3) is 4.57. The largest absolute Gasteiger partial charge is 0.465 e. The molecule has 0 bridgehead atoms. The van der Waals surface area contributed by atoms with Gasteiger partial charge in [0.1, 0.15) is 5.88 Å².